The molecule has 0 N–H and O–H groups in total. The predicted molar refractivity (Wildman–Crippen MR) is 40.9 cm³/mol. The van der Waals surface area contributed by atoms with Gasteiger partial charge in [0, 0.05) is 0 Å². The number of epoxide rings is 1. The van der Waals surface area contributed by atoms with E-state index in [1.807, 2.05) is 0 Å². The molecule has 0 spiro atoms. The first-order chi connectivity index (χ1) is 4.86. The van der Waals surface area contributed by atoms with Crippen molar-refractivity contribution >= 4 is 0 Å². The Kier molecular flexibility index (Phi) is 1.69. The van der Waals surface area contributed by atoms with Gasteiger partial charge in [0.2, 0.25) is 0 Å². The minimum Gasteiger partial charge on any atom is -0.370 e. The van der Waals surface area contributed by atoms with Gasteiger partial charge in [0.05, 0.1) is 12.2 Å². The van der Waals surface area contributed by atoms with Crippen LogP contribution >= 0.6 is 0 Å². The van der Waals surface area contributed by atoms with Crippen molar-refractivity contribution < 1.29 is 4.74 Å². The van der Waals surface area contributed by atoms with Crippen molar-refractivity contribution in [3.8, 4) is 0 Å². The molecule has 10 heavy (non-hydrogen) atoms. The summed E-state index contributed by atoms with van der Waals surface area (Å²) in [6, 6.07) is 0. The van der Waals surface area contributed by atoms with Crippen LogP contribution in [0.5, 0.6) is 0 Å². The molecule has 1 aliphatic carbocycles. The number of fused-ring (bicyclic) bond motifs is 1. The second-order valence-electron chi connectivity index (χ2n) is 3.83. The summed E-state index contributed by atoms with van der Waals surface area (Å²) in [5.74, 6) is 0.949. The number of rotatable bonds is 0. The summed E-state index contributed by atoms with van der Waals surface area (Å²) in [7, 11) is 0. The number of hydrogen-bond donors (Lipinski definition) is 0. The van der Waals surface area contributed by atoms with Gasteiger partial charge in [0.15, 0.2) is 0 Å². The molecular weight excluding hydrogens is 124 g/mol. The van der Waals surface area contributed by atoms with Crippen LogP contribution < -0.4 is 0 Å². The summed E-state index contributed by atoms with van der Waals surface area (Å²) >= 11 is 0. The zero-order chi connectivity index (χ0) is 6.97. The standard InChI is InChI=1S/C9H16O/c1-7-3-2-4-8-9(10-8)6-5-7/h7-9H,2-6H2,1H3/t7?,8-,9+/m0/s1. The average molecular weight is 140 g/mol. The molecule has 2 fully saturated rings. The van der Waals surface area contributed by atoms with Gasteiger partial charge >= 0.3 is 0 Å². The summed E-state index contributed by atoms with van der Waals surface area (Å²) in [6.07, 6.45) is 8.20. The topological polar surface area (TPSA) is 12.5 Å². The highest BCUT2D eigenvalue weighted by molar-refractivity contribution is 4.86. The van der Waals surface area contributed by atoms with E-state index in [0.29, 0.717) is 12.2 Å². The largest absolute Gasteiger partial charge is 0.370 e. The Bertz CT molecular complexity index is 120. The van der Waals surface area contributed by atoms with Gasteiger partial charge in [-0.25, -0.2) is 0 Å². The van der Waals surface area contributed by atoms with Crippen LogP contribution in [-0.4, -0.2) is 12.2 Å². The van der Waals surface area contributed by atoms with E-state index in [-0.39, 0.29) is 0 Å². The highest BCUT2D eigenvalue weighted by atomic mass is 16.6. The van der Waals surface area contributed by atoms with Crippen LogP contribution in [0.3, 0.4) is 0 Å². The molecule has 1 saturated heterocycles. The van der Waals surface area contributed by atoms with Gasteiger partial charge in [0.25, 0.3) is 0 Å². The lowest BCUT2D eigenvalue weighted by molar-refractivity contribution is 0.356. The summed E-state index contributed by atoms with van der Waals surface area (Å²) in [6.45, 7) is 2.36. The van der Waals surface area contributed by atoms with E-state index < -0.39 is 0 Å². The van der Waals surface area contributed by atoms with Crippen molar-refractivity contribution in [3.63, 3.8) is 0 Å². The molecule has 3 atom stereocenters. The van der Waals surface area contributed by atoms with Crippen molar-refractivity contribution in [1.29, 1.82) is 0 Å². The molecule has 0 bridgehead atoms. The van der Waals surface area contributed by atoms with E-state index in [1.54, 1.807) is 0 Å². The van der Waals surface area contributed by atoms with Gasteiger partial charge in [-0.3, -0.25) is 0 Å². The van der Waals surface area contributed by atoms with Gasteiger partial charge < -0.3 is 4.74 Å². The third-order valence-electron chi connectivity index (χ3n) is 2.82. The highest BCUT2D eigenvalue weighted by Crippen LogP contribution is 2.35. The number of ether oxygens (including phenoxy) is 1. The van der Waals surface area contributed by atoms with Crippen LogP contribution in [0.15, 0.2) is 0 Å². The van der Waals surface area contributed by atoms with Crippen molar-refractivity contribution in [1.82, 2.24) is 0 Å². The Balaban J connectivity index is 1.83. The molecule has 58 valence electrons. The van der Waals surface area contributed by atoms with E-state index >= 15 is 0 Å². The summed E-state index contributed by atoms with van der Waals surface area (Å²) in [5.41, 5.74) is 0. The molecule has 1 unspecified atom stereocenters. The molecule has 2 rings (SSSR count). The molecule has 0 amide bonds. The van der Waals surface area contributed by atoms with Gasteiger partial charge in [-0.15, -0.1) is 0 Å². The lowest BCUT2D eigenvalue weighted by Gasteiger charge is -2.11. The van der Waals surface area contributed by atoms with Gasteiger partial charge in [0.1, 0.15) is 0 Å². The fraction of sp³-hybridized carbons (Fsp3) is 1.00. The predicted octanol–water partition coefficient (Wildman–Crippen LogP) is 2.35. The Hall–Kier alpha value is -0.0400. The van der Waals surface area contributed by atoms with Crippen molar-refractivity contribution in [2.75, 3.05) is 0 Å². The van der Waals surface area contributed by atoms with Gasteiger partial charge in [-0.1, -0.05) is 19.8 Å². The molecule has 1 saturated carbocycles. The van der Waals surface area contributed by atoms with Gasteiger partial charge in [-0.2, -0.15) is 0 Å². The average Bonchev–Trinajstić information content (AvgIpc) is 2.59. The highest BCUT2D eigenvalue weighted by Gasteiger charge is 2.38. The van der Waals surface area contributed by atoms with Crippen LogP contribution in [0.4, 0.5) is 0 Å². The molecule has 0 radical (unpaired) electrons. The molecule has 0 aromatic rings. The Morgan fingerprint density at radius 3 is 2.70 bits per heavy atom. The summed E-state index contributed by atoms with van der Waals surface area (Å²) in [5, 5.41) is 0. The third-order valence-corrected chi connectivity index (χ3v) is 2.82. The molecule has 1 aliphatic heterocycles. The molecular formula is C9H16O. The quantitative estimate of drug-likeness (QED) is 0.470. The zero-order valence-corrected chi connectivity index (χ0v) is 6.68. The van der Waals surface area contributed by atoms with Crippen molar-refractivity contribution in [3.05, 3.63) is 0 Å². The molecule has 1 heteroatoms. The molecule has 1 heterocycles. The van der Waals surface area contributed by atoms with E-state index in [4.69, 9.17) is 4.74 Å². The van der Waals surface area contributed by atoms with Crippen LogP contribution in [0, 0.1) is 5.92 Å². The molecule has 0 aromatic heterocycles. The zero-order valence-electron chi connectivity index (χ0n) is 6.68. The van der Waals surface area contributed by atoms with Crippen LogP contribution in [0.2, 0.25) is 0 Å². The van der Waals surface area contributed by atoms with E-state index in [2.05, 4.69) is 6.92 Å². The molecule has 2 aliphatic rings. The molecule has 0 aromatic carbocycles. The van der Waals surface area contributed by atoms with E-state index in [0.717, 1.165) is 5.92 Å². The Morgan fingerprint density at radius 1 is 1.00 bits per heavy atom. The van der Waals surface area contributed by atoms with Crippen LogP contribution in [-0.2, 0) is 4.74 Å². The first-order valence-electron chi connectivity index (χ1n) is 4.52. The van der Waals surface area contributed by atoms with E-state index in [9.17, 15) is 0 Å². The van der Waals surface area contributed by atoms with Crippen LogP contribution in [0.25, 0.3) is 0 Å². The van der Waals surface area contributed by atoms with Crippen molar-refractivity contribution in [2.45, 2.75) is 51.2 Å². The first kappa shape index (κ1) is 6.66. The Labute approximate surface area is 62.8 Å². The lowest BCUT2D eigenvalue weighted by atomic mass is 9.93. The fourth-order valence-corrected chi connectivity index (χ4v) is 1.95. The number of hydrogen-bond acceptors (Lipinski definition) is 1. The minimum absolute atomic E-state index is 0.669. The van der Waals surface area contributed by atoms with Crippen molar-refractivity contribution in [2.24, 2.45) is 5.92 Å². The summed E-state index contributed by atoms with van der Waals surface area (Å²) < 4.78 is 5.49. The smallest absolute Gasteiger partial charge is 0.0842 e. The third kappa shape index (κ3) is 1.34. The minimum atomic E-state index is 0.669. The monoisotopic (exact) mass is 140 g/mol. The van der Waals surface area contributed by atoms with E-state index in [1.165, 1.54) is 32.1 Å². The normalized spacial score (nSPS) is 47.1. The Morgan fingerprint density at radius 2 is 1.80 bits per heavy atom. The maximum atomic E-state index is 5.49. The first-order valence-corrected chi connectivity index (χ1v) is 4.52. The SMILES string of the molecule is CC1CCC[C@@H]2O[C@@H]2CC1. The lowest BCUT2D eigenvalue weighted by Crippen LogP contribution is -2.04. The summed E-state index contributed by atoms with van der Waals surface area (Å²) in [4.78, 5) is 0. The second kappa shape index (κ2) is 2.54. The maximum Gasteiger partial charge on any atom is 0.0842 e. The molecule has 1 nitrogen and oxygen atoms in total. The van der Waals surface area contributed by atoms with Crippen LogP contribution in [0.1, 0.15) is 39.0 Å². The van der Waals surface area contributed by atoms with Gasteiger partial charge in [-0.05, 0) is 25.2 Å². The fourth-order valence-electron chi connectivity index (χ4n) is 1.95. The maximum absolute atomic E-state index is 5.49. The second-order valence-corrected chi connectivity index (χ2v) is 3.83.